The highest BCUT2D eigenvalue weighted by atomic mass is 31.2. The number of rotatable bonds is 11. The average Bonchev–Trinajstić information content (AvgIpc) is 2.78. The first-order valence-electron chi connectivity index (χ1n) is 11.4. The first kappa shape index (κ1) is 24.2. The Labute approximate surface area is 190 Å². The second-order valence-corrected chi connectivity index (χ2v) is 11.7. The van der Waals surface area contributed by atoms with Crippen LogP contribution >= 0.6 is 7.37 Å². The highest BCUT2D eigenvalue weighted by Crippen LogP contribution is 2.62. The first-order valence-corrected chi connectivity index (χ1v) is 13.2. The molecule has 170 valence electrons. The topological polar surface area (TPSA) is 74.6 Å². The van der Waals surface area contributed by atoms with Crippen molar-refractivity contribution in [3.8, 4) is 0 Å². The summed E-state index contributed by atoms with van der Waals surface area (Å²) < 4.78 is 14.0. The molecule has 0 saturated heterocycles. The highest BCUT2D eigenvalue weighted by molar-refractivity contribution is 7.59. The van der Waals surface area contributed by atoms with Gasteiger partial charge in [-0.3, -0.25) is 9.36 Å². The minimum atomic E-state index is -3.85. The van der Waals surface area contributed by atoms with Crippen LogP contribution in [0.25, 0.3) is 10.8 Å². The minimum Gasteiger partial charge on any atom is -0.481 e. The number of fused-ring (bicyclic) bond motifs is 1. The van der Waals surface area contributed by atoms with E-state index in [1.165, 1.54) is 0 Å². The largest absolute Gasteiger partial charge is 0.481 e. The molecule has 3 aromatic rings. The van der Waals surface area contributed by atoms with Gasteiger partial charge in [0.25, 0.3) is 0 Å². The molecule has 5 heteroatoms. The fourth-order valence-corrected chi connectivity index (χ4v) is 6.93. The summed E-state index contributed by atoms with van der Waals surface area (Å²) in [5.74, 6) is -2.08. The van der Waals surface area contributed by atoms with Gasteiger partial charge in [-0.05, 0) is 41.7 Å². The van der Waals surface area contributed by atoms with Crippen molar-refractivity contribution in [3.63, 3.8) is 0 Å². The van der Waals surface area contributed by atoms with Gasteiger partial charge in [0.2, 0.25) is 7.37 Å². The van der Waals surface area contributed by atoms with E-state index >= 15 is 0 Å². The van der Waals surface area contributed by atoms with Crippen LogP contribution in [0.1, 0.15) is 56.6 Å². The molecule has 2 N–H and O–H groups in total. The van der Waals surface area contributed by atoms with E-state index < -0.39 is 24.4 Å². The van der Waals surface area contributed by atoms with Crippen LogP contribution in [0.3, 0.4) is 0 Å². The van der Waals surface area contributed by atoms with Gasteiger partial charge in [0.1, 0.15) is 0 Å². The van der Waals surface area contributed by atoms with Crippen molar-refractivity contribution >= 4 is 24.1 Å². The summed E-state index contributed by atoms with van der Waals surface area (Å²) in [6.07, 6.45) is 3.48. The third-order valence-corrected chi connectivity index (χ3v) is 9.56. The van der Waals surface area contributed by atoms with E-state index in [1.807, 2.05) is 48.5 Å². The molecule has 0 saturated carbocycles. The standard InChI is InChI=1S/C27H33O4P/c1-3-4-10-19-27(2,25(26(28)29)23-13-6-5-7-14-23)32(30,31)20-18-22-16-11-15-21-12-8-9-17-24(21)22/h5-9,11-17,25H,3-4,10,18-20H2,1-2H3,(H,28,29)(H,30,31). The van der Waals surface area contributed by atoms with Crippen LogP contribution in [0.15, 0.2) is 72.8 Å². The number of unbranched alkanes of at least 4 members (excludes halogenated alkanes) is 2. The fourth-order valence-electron chi connectivity index (χ4n) is 4.70. The molecule has 0 radical (unpaired) electrons. The Kier molecular flexibility index (Phi) is 7.92. The van der Waals surface area contributed by atoms with E-state index in [1.54, 1.807) is 31.2 Å². The number of hydrogen-bond acceptors (Lipinski definition) is 2. The van der Waals surface area contributed by atoms with Gasteiger partial charge < -0.3 is 10.00 Å². The van der Waals surface area contributed by atoms with Crippen LogP contribution in [-0.4, -0.2) is 27.3 Å². The van der Waals surface area contributed by atoms with Gasteiger partial charge in [0, 0.05) is 6.16 Å². The van der Waals surface area contributed by atoms with Crippen LogP contribution in [0, 0.1) is 0 Å². The van der Waals surface area contributed by atoms with Gasteiger partial charge in [-0.25, -0.2) is 0 Å². The molecule has 3 unspecified atom stereocenters. The molecule has 3 aromatic carbocycles. The quantitative estimate of drug-likeness (QED) is 0.246. The molecule has 0 aliphatic heterocycles. The van der Waals surface area contributed by atoms with Gasteiger partial charge in [-0.15, -0.1) is 0 Å². The van der Waals surface area contributed by atoms with Gasteiger partial charge in [-0.1, -0.05) is 99.0 Å². The number of hydrogen-bond donors (Lipinski definition) is 2. The molecule has 0 amide bonds. The summed E-state index contributed by atoms with van der Waals surface area (Å²) in [4.78, 5) is 23.9. The molecule has 0 fully saturated rings. The monoisotopic (exact) mass is 452 g/mol. The second-order valence-electron chi connectivity index (χ2n) is 8.81. The molecule has 0 aliphatic carbocycles. The van der Waals surface area contributed by atoms with E-state index in [2.05, 4.69) is 6.92 Å². The maximum absolute atomic E-state index is 14.0. The van der Waals surface area contributed by atoms with Gasteiger partial charge in [0.15, 0.2) is 0 Å². The summed E-state index contributed by atoms with van der Waals surface area (Å²) in [7, 11) is -3.85. The normalized spacial score (nSPS) is 16.2. The van der Waals surface area contributed by atoms with Crippen LogP contribution in [0.5, 0.6) is 0 Å². The summed E-state index contributed by atoms with van der Waals surface area (Å²) in [5, 5.41) is 11.1. The molecule has 3 rings (SSSR count). The molecule has 4 nitrogen and oxygen atoms in total. The summed E-state index contributed by atoms with van der Waals surface area (Å²) in [5.41, 5.74) is 1.60. The van der Waals surface area contributed by atoms with Crippen LogP contribution in [-0.2, 0) is 15.8 Å². The molecule has 32 heavy (non-hydrogen) atoms. The number of carboxylic acids is 1. The zero-order valence-corrected chi connectivity index (χ0v) is 19.8. The predicted molar refractivity (Wildman–Crippen MR) is 132 cm³/mol. The molecule has 0 spiro atoms. The number of benzene rings is 3. The van der Waals surface area contributed by atoms with Crippen molar-refractivity contribution in [2.45, 2.75) is 57.0 Å². The maximum atomic E-state index is 14.0. The second kappa shape index (κ2) is 10.5. The Morgan fingerprint density at radius 2 is 1.62 bits per heavy atom. The molecule has 0 heterocycles. The molecule has 0 bridgehead atoms. The van der Waals surface area contributed by atoms with E-state index in [-0.39, 0.29) is 6.16 Å². The van der Waals surface area contributed by atoms with Gasteiger partial charge in [0.05, 0.1) is 11.1 Å². The molecular weight excluding hydrogens is 419 g/mol. The molecular formula is C27H33O4P. The summed E-state index contributed by atoms with van der Waals surface area (Å²) >= 11 is 0. The Morgan fingerprint density at radius 3 is 2.31 bits per heavy atom. The van der Waals surface area contributed by atoms with E-state index in [4.69, 9.17) is 0 Å². The van der Waals surface area contributed by atoms with Gasteiger partial charge in [-0.2, -0.15) is 0 Å². The zero-order chi connectivity index (χ0) is 23.2. The summed E-state index contributed by atoms with van der Waals surface area (Å²) in [6.45, 7) is 3.78. The maximum Gasteiger partial charge on any atom is 0.312 e. The lowest BCUT2D eigenvalue weighted by Crippen LogP contribution is -2.39. The zero-order valence-electron chi connectivity index (χ0n) is 18.9. The Balaban J connectivity index is 1.97. The van der Waals surface area contributed by atoms with Crippen molar-refractivity contribution in [1.29, 1.82) is 0 Å². The van der Waals surface area contributed by atoms with Crippen LogP contribution < -0.4 is 0 Å². The number of aryl methyl sites for hydroxylation is 1. The SMILES string of the molecule is CCCCCC(C)(C(C(=O)O)c1ccccc1)P(=O)(O)CCc1cccc2ccccc12. The molecule has 0 aromatic heterocycles. The van der Waals surface area contributed by atoms with Crippen LogP contribution in [0.4, 0.5) is 0 Å². The number of aliphatic carboxylic acids is 1. The third kappa shape index (κ3) is 5.14. The van der Waals surface area contributed by atoms with E-state index in [0.717, 1.165) is 35.6 Å². The van der Waals surface area contributed by atoms with Crippen molar-refractivity contribution in [3.05, 3.63) is 83.9 Å². The van der Waals surface area contributed by atoms with E-state index in [0.29, 0.717) is 18.4 Å². The Hall–Kier alpha value is -2.42. The minimum absolute atomic E-state index is 0.0558. The Bertz CT molecular complexity index is 1090. The average molecular weight is 453 g/mol. The van der Waals surface area contributed by atoms with Gasteiger partial charge >= 0.3 is 5.97 Å². The van der Waals surface area contributed by atoms with Crippen molar-refractivity contribution < 1.29 is 19.4 Å². The predicted octanol–water partition coefficient (Wildman–Crippen LogP) is 6.86. The molecule has 0 aliphatic rings. The highest BCUT2D eigenvalue weighted by Gasteiger charge is 2.51. The lowest BCUT2D eigenvalue weighted by molar-refractivity contribution is -0.139. The van der Waals surface area contributed by atoms with Crippen molar-refractivity contribution in [2.24, 2.45) is 0 Å². The number of carbonyl (C=O) groups is 1. The molecule has 3 atom stereocenters. The fraction of sp³-hybridized carbons (Fsp3) is 0.370. The van der Waals surface area contributed by atoms with E-state index in [9.17, 15) is 19.4 Å². The van der Waals surface area contributed by atoms with Crippen molar-refractivity contribution in [1.82, 2.24) is 0 Å². The smallest absolute Gasteiger partial charge is 0.312 e. The third-order valence-electron chi connectivity index (χ3n) is 6.65. The van der Waals surface area contributed by atoms with Crippen LogP contribution in [0.2, 0.25) is 0 Å². The summed E-state index contributed by atoms with van der Waals surface area (Å²) in [6, 6.07) is 22.9. The lowest BCUT2D eigenvalue weighted by atomic mass is 9.83. The number of carboxylic acid groups (broad SMARTS) is 1. The Morgan fingerprint density at radius 1 is 0.969 bits per heavy atom. The van der Waals surface area contributed by atoms with Crippen molar-refractivity contribution in [2.75, 3.05) is 6.16 Å². The first-order chi connectivity index (χ1) is 15.3. The lowest BCUT2D eigenvalue weighted by Gasteiger charge is -2.39.